The molecule has 25 heavy (non-hydrogen) atoms. The van der Waals surface area contributed by atoms with E-state index in [4.69, 9.17) is 4.74 Å². The molecule has 0 aliphatic carbocycles. The molecule has 1 aliphatic rings. The summed E-state index contributed by atoms with van der Waals surface area (Å²) in [4.78, 5) is 33.4. The minimum Gasteiger partial charge on any atom is -0.378 e. The standard InChI is InChI=1S/C16H17N5O4/c22-15(13-3-1-2-4-14(13)21(23)24)18-11-12-5-6-17-16(19-12)20-7-9-25-10-8-20/h1-6H,7-11H2,(H,18,22). The van der Waals surface area contributed by atoms with Crippen molar-refractivity contribution < 1.29 is 14.5 Å². The Bertz CT molecular complexity index is 777. The highest BCUT2D eigenvalue weighted by molar-refractivity contribution is 5.98. The molecule has 0 unspecified atom stereocenters. The van der Waals surface area contributed by atoms with Gasteiger partial charge in [0.1, 0.15) is 5.56 Å². The van der Waals surface area contributed by atoms with Crippen LogP contribution in [-0.2, 0) is 11.3 Å². The van der Waals surface area contributed by atoms with E-state index >= 15 is 0 Å². The number of rotatable bonds is 5. The predicted octanol–water partition coefficient (Wildman–Crippen LogP) is 1.15. The third-order valence-electron chi connectivity index (χ3n) is 3.77. The number of hydrogen-bond donors (Lipinski definition) is 1. The Morgan fingerprint density at radius 1 is 1.28 bits per heavy atom. The van der Waals surface area contributed by atoms with Gasteiger partial charge in [0, 0.05) is 25.4 Å². The number of para-hydroxylation sites is 1. The highest BCUT2D eigenvalue weighted by Gasteiger charge is 2.19. The number of nitrogens with zero attached hydrogens (tertiary/aromatic N) is 4. The molecular formula is C16H17N5O4. The van der Waals surface area contributed by atoms with E-state index in [9.17, 15) is 14.9 Å². The lowest BCUT2D eigenvalue weighted by molar-refractivity contribution is -0.385. The maximum absolute atomic E-state index is 12.2. The van der Waals surface area contributed by atoms with Crippen LogP contribution in [-0.4, -0.2) is 47.1 Å². The summed E-state index contributed by atoms with van der Waals surface area (Å²) in [6.45, 7) is 2.84. The number of benzene rings is 1. The fourth-order valence-corrected chi connectivity index (χ4v) is 2.49. The molecule has 3 rings (SSSR count). The minimum atomic E-state index is -0.573. The van der Waals surface area contributed by atoms with Crippen LogP contribution in [0.1, 0.15) is 16.1 Å². The summed E-state index contributed by atoms with van der Waals surface area (Å²) < 4.78 is 5.30. The Hall–Kier alpha value is -3.07. The normalized spacial score (nSPS) is 14.2. The van der Waals surface area contributed by atoms with Gasteiger partial charge in [-0.1, -0.05) is 12.1 Å². The zero-order chi connectivity index (χ0) is 17.6. The molecule has 9 heteroatoms. The van der Waals surface area contributed by atoms with Crippen molar-refractivity contribution in [1.82, 2.24) is 15.3 Å². The quantitative estimate of drug-likeness (QED) is 0.640. The average molecular weight is 343 g/mol. The zero-order valence-electron chi connectivity index (χ0n) is 13.4. The summed E-state index contributed by atoms with van der Waals surface area (Å²) in [7, 11) is 0. The number of ether oxygens (including phenoxy) is 1. The van der Waals surface area contributed by atoms with Gasteiger partial charge in [-0.25, -0.2) is 9.97 Å². The van der Waals surface area contributed by atoms with Gasteiger partial charge in [0.05, 0.1) is 30.4 Å². The molecule has 0 saturated carbocycles. The number of aromatic nitrogens is 2. The fourth-order valence-electron chi connectivity index (χ4n) is 2.49. The van der Waals surface area contributed by atoms with E-state index < -0.39 is 10.8 Å². The first-order chi connectivity index (χ1) is 12.1. The molecule has 0 spiro atoms. The molecule has 2 aromatic rings. The summed E-state index contributed by atoms with van der Waals surface area (Å²) in [6.07, 6.45) is 1.63. The van der Waals surface area contributed by atoms with Crippen molar-refractivity contribution in [3.05, 3.63) is 57.9 Å². The molecule has 1 fully saturated rings. The highest BCUT2D eigenvalue weighted by Crippen LogP contribution is 2.17. The number of carbonyl (C=O) groups is 1. The van der Waals surface area contributed by atoms with Crippen molar-refractivity contribution >= 4 is 17.5 Å². The monoisotopic (exact) mass is 343 g/mol. The van der Waals surface area contributed by atoms with E-state index in [0.717, 1.165) is 0 Å². The first kappa shape index (κ1) is 16.8. The van der Waals surface area contributed by atoms with Gasteiger partial charge >= 0.3 is 0 Å². The van der Waals surface area contributed by atoms with E-state index in [1.54, 1.807) is 18.3 Å². The number of nitro groups is 1. The number of amides is 1. The molecule has 1 amide bonds. The molecule has 1 aliphatic heterocycles. The molecule has 1 aromatic heterocycles. The van der Waals surface area contributed by atoms with E-state index in [0.29, 0.717) is 37.9 Å². The molecule has 0 bridgehead atoms. The molecular weight excluding hydrogens is 326 g/mol. The Kier molecular flexibility index (Phi) is 5.14. The second-order valence-electron chi connectivity index (χ2n) is 5.40. The second-order valence-corrected chi connectivity index (χ2v) is 5.40. The topological polar surface area (TPSA) is 110 Å². The number of hydrogen-bond acceptors (Lipinski definition) is 7. The van der Waals surface area contributed by atoms with Gasteiger partial charge in [-0.05, 0) is 12.1 Å². The first-order valence-corrected chi connectivity index (χ1v) is 7.81. The van der Waals surface area contributed by atoms with Crippen LogP contribution in [0.5, 0.6) is 0 Å². The van der Waals surface area contributed by atoms with Crippen LogP contribution in [0.15, 0.2) is 36.5 Å². The summed E-state index contributed by atoms with van der Waals surface area (Å²) in [6, 6.07) is 7.53. The molecule has 1 aromatic carbocycles. The van der Waals surface area contributed by atoms with Crippen LogP contribution in [0.2, 0.25) is 0 Å². The van der Waals surface area contributed by atoms with Crippen LogP contribution in [0.25, 0.3) is 0 Å². The van der Waals surface area contributed by atoms with Crippen LogP contribution >= 0.6 is 0 Å². The lowest BCUT2D eigenvalue weighted by atomic mass is 10.1. The van der Waals surface area contributed by atoms with Gasteiger partial charge in [0.25, 0.3) is 11.6 Å². The van der Waals surface area contributed by atoms with Crippen LogP contribution in [0, 0.1) is 10.1 Å². The van der Waals surface area contributed by atoms with Crippen molar-refractivity contribution in [3.8, 4) is 0 Å². The van der Waals surface area contributed by atoms with Gasteiger partial charge in [-0.3, -0.25) is 14.9 Å². The van der Waals surface area contributed by atoms with E-state index in [2.05, 4.69) is 15.3 Å². The van der Waals surface area contributed by atoms with E-state index in [1.807, 2.05) is 4.90 Å². The van der Waals surface area contributed by atoms with Crippen molar-refractivity contribution in [2.45, 2.75) is 6.54 Å². The van der Waals surface area contributed by atoms with Gasteiger partial charge in [-0.15, -0.1) is 0 Å². The van der Waals surface area contributed by atoms with Crippen molar-refractivity contribution in [2.75, 3.05) is 31.2 Å². The highest BCUT2D eigenvalue weighted by atomic mass is 16.6. The van der Waals surface area contributed by atoms with Gasteiger partial charge in [0.2, 0.25) is 5.95 Å². The second kappa shape index (κ2) is 7.67. The summed E-state index contributed by atoms with van der Waals surface area (Å²) in [5, 5.41) is 13.7. The van der Waals surface area contributed by atoms with Crippen LogP contribution < -0.4 is 10.2 Å². The van der Waals surface area contributed by atoms with Crippen molar-refractivity contribution in [3.63, 3.8) is 0 Å². The van der Waals surface area contributed by atoms with E-state index in [1.165, 1.54) is 18.2 Å². The molecule has 0 radical (unpaired) electrons. The third kappa shape index (κ3) is 4.07. The van der Waals surface area contributed by atoms with Gasteiger partial charge < -0.3 is 15.0 Å². The zero-order valence-corrected chi connectivity index (χ0v) is 13.4. The third-order valence-corrected chi connectivity index (χ3v) is 3.77. The molecule has 130 valence electrons. The number of carbonyl (C=O) groups excluding carboxylic acids is 1. The number of nitro benzene ring substituents is 1. The Morgan fingerprint density at radius 2 is 2.04 bits per heavy atom. The lowest BCUT2D eigenvalue weighted by Crippen LogP contribution is -2.37. The summed E-state index contributed by atoms with van der Waals surface area (Å²) in [5.74, 6) is 0.0691. The number of nitrogens with one attached hydrogen (secondary N) is 1. The summed E-state index contributed by atoms with van der Waals surface area (Å²) >= 11 is 0. The average Bonchev–Trinajstić information content (AvgIpc) is 2.67. The van der Waals surface area contributed by atoms with Crippen LogP contribution in [0.4, 0.5) is 11.6 Å². The maximum Gasteiger partial charge on any atom is 0.282 e. The van der Waals surface area contributed by atoms with E-state index in [-0.39, 0.29) is 17.8 Å². The fraction of sp³-hybridized carbons (Fsp3) is 0.312. The first-order valence-electron chi connectivity index (χ1n) is 7.81. The van der Waals surface area contributed by atoms with Crippen molar-refractivity contribution in [2.24, 2.45) is 0 Å². The van der Waals surface area contributed by atoms with Crippen molar-refractivity contribution in [1.29, 1.82) is 0 Å². The molecule has 9 nitrogen and oxygen atoms in total. The van der Waals surface area contributed by atoms with Crippen LogP contribution in [0.3, 0.4) is 0 Å². The molecule has 2 heterocycles. The Labute approximate surface area is 143 Å². The Morgan fingerprint density at radius 3 is 2.80 bits per heavy atom. The predicted molar refractivity (Wildman–Crippen MR) is 89.3 cm³/mol. The SMILES string of the molecule is O=C(NCc1ccnc(N2CCOCC2)n1)c1ccccc1[N+](=O)[O-]. The lowest BCUT2D eigenvalue weighted by Gasteiger charge is -2.26. The molecule has 0 atom stereocenters. The minimum absolute atomic E-state index is 0.0231. The number of anilines is 1. The molecule has 1 saturated heterocycles. The Balaban J connectivity index is 1.67. The summed E-state index contributed by atoms with van der Waals surface area (Å²) in [5.41, 5.74) is 0.426. The largest absolute Gasteiger partial charge is 0.378 e. The van der Waals surface area contributed by atoms with Gasteiger partial charge in [-0.2, -0.15) is 0 Å². The molecule has 1 N–H and O–H groups in total. The van der Waals surface area contributed by atoms with Gasteiger partial charge in [0.15, 0.2) is 0 Å². The maximum atomic E-state index is 12.2. The smallest absolute Gasteiger partial charge is 0.282 e. The number of morpholine rings is 1.